The van der Waals surface area contributed by atoms with Crippen molar-refractivity contribution >= 4 is 33.3 Å². The van der Waals surface area contributed by atoms with E-state index in [4.69, 9.17) is 9.72 Å². The number of benzene rings is 2. The van der Waals surface area contributed by atoms with Gasteiger partial charge < -0.3 is 15.0 Å². The monoisotopic (exact) mass is 493 g/mol. The van der Waals surface area contributed by atoms with E-state index in [1.165, 1.54) is 44.6 Å². The zero-order chi connectivity index (χ0) is 24.7. The maximum Gasteiger partial charge on any atom is 0.408 e. The van der Waals surface area contributed by atoms with Gasteiger partial charge in [-0.3, -0.25) is 0 Å². The molecule has 2 saturated heterocycles. The number of alkyl carbamates (subject to hydrolysis) is 1. The number of amides is 1. The average Bonchev–Trinajstić information content (AvgIpc) is 3.48. The third-order valence-electron chi connectivity index (χ3n) is 6.96. The average molecular weight is 494 g/mol. The van der Waals surface area contributed by atoms with Gasteiger partial charge in [0.15, 0.2) is 6.54 Å². The molecule has 3 heterocycles. The molecule has 3 aliphatic heterocycles. The lowest BCUT2D eigenvalue weighted by atomic mass is 10.1. The first-order valence-corrected chi connectivity index (χ1v) is 13.7. The SMILES string of the molecule is CCc1cc(=[N+]2CCC(NC(=O)OC(C)(C)C)C2)cc2sc3cc(N4CCCC4)cc(C)c3nc1-2. The van der Waals surface area contributed by atoms with Crippen molar-refractivity contribution in [3.63, 3.8) is 0 Å². The van der Waals surface area contributed by atoms with E-state index < -0.39 is 5.60 Å². The molecule has 6 nitrogen and oxygen atoms in total. The van der Waals surface area contributed by atoms with Gasteiger partial charge in [0.1, 0.15) is 12.1 Å². The first kappa shape index (κ1) is 24.0. The molecule has 1 unspecified atom stereocenters. The van der Waals surface area contributed by atoms with Crippen LogP contribution in [0.2, 0.25) is 0 Å². The smallest absolute Gasteiger partial charge is 0.408 e. The van der Waals surface area contributed by atoms with Crippen LogP contribution < -0.4 is 20.1 Å². The second-order valence-corrected chi connectivity index (χ2v) is 12.0. The molecule has 0 saturated carbocycles. The number of carbonyl (C=O) groups excluding carboxylic acids is 1. The van der Waals surface area contributed by atoms with Gasteiger partial charge in [0.2, 0.25) is 5.36 Å². The molecule has 1 aromatic rings. The topological polar surface area (TPSA) is 57.5 Å². The van der Waals surface area contributed by atoms with Crippen molar-refractivity contribution in [3.05, 3.63) is 40.7 Å². The molecule has 7 heteroatoms. The fraction of sp³-hybridized carbons (Fsp3) is 0.536. The van der Waals surface area contributed by atoms with Gasteiger partial charge in [-0.2, -0.15) is 0 Å². The number of nitrogens with one attached hydrogen (secondary N) is 1. The highest BCUT2D eigenvalue weighted by Crippen LogP contribution is 2.36. The number of rotatable bonds is 3. The highest BCUT2D eigenvalue weighted by atomic mass is 32.1. The number of nitrogens with zero attached hydrogens (tertiary/aromatic N) is 3. The van der Waals surface area contributed by atoms with E-state index in [9.17, 15) is 4.79 Å². The van der Waals surface area contributed by atoms with E-state index in [0.29, 0.717) is 0 Å². The Morgan fingerprint density at radius 2 is 2.00 bits per heavy atom. The van der Waals surface area contributed by atoms with Crippen LogP contribution >= 0.6 is 11.3 Å². The quantitative estimate of drug-likeness (QED) is 0.415. The van der Waals surface area contributed by atoms with Crippen LogP contribution in [-0.4, -0.2) is 48.9 Å². The van der Waals surface area contributed by atoms with Gasteiger partial charge in [0.05, 0.1) is 26.8 Å². The molecule has 0 radical (unpaired) electrons. The largest absolute Gasteiger partial charge is 0.444 e. The van der Waals surface area contributed by atoms with Gasteiger partial charge in [-0.05, 0) is 70.2 Å². The van der Waals surface area contributed by atoms with Gasteiger partial charge in [0.25, 0.3) is 0 Å². The van der Waals surface area contributed by atoms with Crippen molar-refractivity contribution < 1.29 is 9.53 Å². The molecule has 1 amide bonds. The molecule has 186 valence electrons. The Hall–Kier alpha value is -2.67. The second-order valence-electron chi connectivity index (χ2n) is 10.9. The van der Waals surface area contributed by atoms with Crippen LogP contribution in [0.1, 0.15) is 58.1 Å². The Labute approximate surface area is 212 Å². The molecule has 2 fully saturated rings. The van der Waals surface area contributed by atoms with E-state index in [1.807, 2.05) is 32.1 Å². The number of hydrogen-bond donors (Lipinski definition) is 1. The molecule has 1 atom stereocenters. The Kier molecular flexibility index (Phi) is 6.47. The summed E-state index contributed by atoms with van der Waals surface area (Å²) in [6.07, 6.45) is 4.07. The summed E-state index contributed by atoms with van der Waals surface area (Å²) in [6.45, 7) is 14.1. The second kappa shape index (κ2) is 9.41. The van der Waals surface area contributed by atoms with Crippen LogP contribution in [0.4, 0.5) is 10.5 Å². The lowest BCUT2D eigenvalue weighted by Gasteiger charge is -2.20. The molecule has 5 rings (SSSR count). The van der Waals surface area contributed by atoms with Crippen molar-refractivity contribution in [2.75, 3.05) is 31.1 Å². The Morgan fingerprint density at radius 3 is 2.71 bits per heavy atom. The summed E-state index contributed by atoms with van der Waals surface area (Å²) in [5.41, 5.74) is 5.61. The number of anilines is 1. The summed E-state index contributed by atoms with van der Waals surface area (Å²) in [6, 6.07) is 9.31. The molecule has 0 bridgehead atoms. The third kappa shape index (κ3) is 5.15. The zero-order valence-corrected chi connectivity index (χ0v) is 22.4. The van der Waals surface area contributed by atoms with Crippen LogP contribution in [0.5, 0.6) is 0 Å². The summed E-state index contributed by atoms with van der Waals surface area (Å²) < 4.78 is 9.09. The fourth-order valence-corrected chi connectivity index (χ4v) is 6.40. The first-order chi connectivity index (χ1) is 16.7. The minimum absolute atomic E-state index is 0.0923. The maximum absolute atomic E-state index is 12.2. The minimum atomic E-state index is -0.485. The van der Waals surface area contributed by atoms with Crippen LogP contribution in [0.15, 0.2) is 24.3 Å². The number of fused-ring (bicyclic) bond motifs is 2. The van der Waals surface area contributed by atoms with Gasteiger partial charge in [0, 0.05) is 37.3 Å². The maximum atomic E-state index is 12.2. The predicted molar refractivity (Wildman–Crippen MR) is 145 cm³/mol. The summed E-state index contributed by atoms with van der Waals surface area (Å²) in [7, 11) is 0. The molecule has 35 heavy (non-hydrogen) atoms. The van der Waals surface area contributed by atoms with Gasteiger partial charge in [-0.25, -0.2) is 14.4 Å². The van der Waals surface area contributed by atoms with Crippen LogP contribution in [0.25, 0.3) is 20.8 Å². The highest BCUT2D eigenvalue weighted by molar-refractivity contribution is 7.21. The van der Waals surface area contributed by atoms with Crippen LogP contribution in [-0.2, 0) is 11.2 Å². The number of aryl methyl sites for hydroxylation is 2. The summed E-state index contributed by atoms with van der Waals surface area (Å²) in [5, 5.41) is 4.26. The van der Waals surface area contributed by atoms with E-state index in [1.54, 1.807) is 0 Å². The molecule has 0 spiro atoms. The molecular weight excluding hydrogens is 456 g/mol. The lowest BCUT2D eigenvalue weighted by molar-refractivity contribution is 0.0508. The van der Waals surface area contributed by atoms with E-state index in [2.05, 4.69) is 52.9 Å². The van der Waals surface area contributed by atoms with Crippen molar-refractivity contribution in [1.82, 2.24) is 14.9 Å². The number of aromatic nitrogens is 1. The molecule has 1 N–H and O–H groups in total. The van der Waals surface area contributed by atoms with E-state index in [-0.39, 0.29) is 12.1 Å². The first-order valence-electron chi connectivity index (χ1n) is 12.9. The summed E-state index contributed by atoms with van der Waals surface area (Å²) in [5.74, 6) is 0. The molecule has 1 aliphatic carbocycles. The van der Waals surface area contributed by atoms with Crippen molar-refractivity contribution in [1.29, 1.82) is 0 Å². The summed E-state index contributed by atoms with van der Waals surface area (Å²) in [4.78, 5) is 21.1. The van der Waals surface area contributed by atoms with Crippen LogP contribution in [0.3, 0.4) is 0 Å². The zero-order valence-electron chi connectivity index (χ0n) is 21.6. The van der Waals surface area contributed by atoms with Crippen molar-refractivity contribution in [2.45, 2.75) is 71.9 Å². The van der Waals surface area contributed by atoms with Crippen molar-refractivity contribution in [2.24, 2.45) is 0 Å². The Balaban J connectivity index is 1.51. The molecular formula is C28H37N4O2S+. The van der Waals surface area contributed by atoms with E-state index >= 15 is 0 Å². The highest BCUT2D eigenvalue weighted by Gasteiger charge is 2.29. The Bertz CT molecular complexity index is 1300. The Morgan fingerprint density at radius 1 is 1.23 bits per heavy atom. The predicted octanol–water partition coefficient (Wildman–Crippen LogP) is 4.94. The fourth-order valence-electron chi connectivity index (χ4n) is 5.23. The van der Waals surface area contributed by atoms with Gasteiger partial charge in [-0.1, -0.05) is 6.92 Å². The number of hydrogen-bond acceptors (Lipinski definition) is 5. The number of ether oxygens (including phenoxy) is 1. The lowest BCUT2D eigenvalue weighted by Crippen LogP contribution is -2.41. The van der Waals surface area contributed by atoms with Crippen LogP contribution in [0, 0.1) is 6.92 Å². The van der Waals surface area contributed by atoms with Gasteiger partial charge in [-0.15, -0.1) is 11.3 Å². The molecule has 0 aromatic heterocycles. The van der Waals surface area contributed by atoms with E-state index in [0.717, 1.165) is 50.2 Å². The molecule has 4 aliphatic rings. The minimum Gasteiger partial charge on any atom is -0.444 e. The normalized spacial score (nSPS) is 20.1. The third-order valence-corrected chi connectivity index (χ3v) is 8.02. The molecule has 1 aromatic carbocycles. The van der Waals surface area contributed by atoms with Crippen molar-refractivity contribution in [3.8, 4) is 10.6 Å². The standard InChI is InChI=1S/C28H36N4O2S/c1-6-19-14-22(32-12-9-20(17-32)29-27(33)34-28(3,4)5)16-24-26(19)30-25-18(2)13-21(15-23(25)35-24)31-10-7-8-11-31/h13-16,20H,6-12,17H2,1-5H3/p+1. The van der Waals surface area contributed by atoms with Gasteiger partial charge >= 0.3 is 6.09 Å². The summed E-state index contributed by atoms with van der Waals surface area (Å²) >= 11 is 1.85. The number of carbonyl (C=O) groups is 1.